The first-order valence-corrected chi connectivity index (χ1v) is 15.3. The van der Waals surface area contributed by atoms with E-state index < -0.39 is 0 Å². The third kappa shape index (κ3) is 11.0. The summed E-state index contributed by atoms with van der Waals surface area (Å²) in [5.74, 6) is 0.360. The Kier molecular flexibility index (Phi) is 16.8. The normalized spacial score (nSPS) is 10.5. The van der Waals surface area contributed by atoms with E-state index in [1.54, 1.807) is 49.6 Å². The topological polar surface area (TPSA) is 59.7 Å². The number of halogens is 1. The second-order valence-electron chi connectivity index (χ2n) is 10.4. The van der Waals surface area contributed by atoms with Crippen molar-refractivity contribution in [3.05, 3.63) is 89.7 Å². The maximum absolute atomic E-state index is 13.8. The van der Waals surface area contributed by atoms with Crippen LogP contribution in [0, 0.1) is 0 Å². The fraction of sp³-hybridized carbons (Fsp3) is 0.457. The fourth-order valence-corrected chi connectivity index (χ4v) is 4.95. The van der Waals surface area contributed by atoms with Gasteiger partial charge in [0.15, 0.2) is 17.7 Å². The Labute approximate surface area is 269 Å². The molecular weight excluding hydrogens is 639 g/mol. The smallest absolute Gasteiger partial charge is 0.261 e. The van der Waals surface area contributed by atoms with Crippen molar-refractivity contribution >= 4 is 11.8 Å². The van der Waals surface area contributed by atoms with Gasteiger partial charge in [0, 0.05) is 23.3 Å². The van der Waals surface area contributed by atoms with Gasteiger partial charge in [0.05, 0.1) is 13.7 Å². The van der Waals surface area contributed by atoms with Crippen LogP contribution in [0.4, 0.5) is 0 Å². The third-order valence-electron chi connectivity index (χ3n) is 7.37. The van der Waals surface area contributed by atoms with Crippen molar-refractivity contribution in [1.29, 1.82) is 0 Å². The molecule has 1 aromatic heterocycles. The van der Waals surface area contributed by atoms with Gasteiger partial charge < -0.3 is 33.5 Å². The van der Waals surface area contributed by atoms with Gasteiger partial charge in [0.1, 0.15) is 13.1 Å². The zero-order chi connectivity index (χ0) is 29.3. The maximum atomic E-state index is 13.8. The van der Waals surface area contributed by atoms with Crippen LogP contribution >= 0.6 is 0 Å². The van der Waals surface area contributed by atoms with E-state index in [9.17, 15) is 9.59 Å². The lowest BCUT2D eigenvalue weighted by Gasteiger charge is -2.21. The summed E-state index contributed by atoms with van der Waals surface area (Å²) in [4.78, 5) is 28.7. The van der Waals surface area contributed by atoms with Gasteiger partial charge in [-0.3, -0.25) is 14.5 Å². The summed E-state index contributed by atoms with van der Waals surface area (Å²) >= 11 is 0. The number of hydrogen-bond donors (Lipinski definition) is 0. The lowest BCUT2D eigenvalue weighted by Crippen LogP contribution is -3.00. The van der Waals surface area contributed by atoms with Crippen molar-refractivity contribution in [3.63, 3.8) is 0 Å². The van der Waals surface area contributed by atoms with E-state index in [-0.39, 0.29) is 42.3 Å². The highest BCUT2D eigenvalue weighted by Crippen LogP contribution is 2.29. The van der Waals surface area contributed by atoms with E-state index in [1.165, 1.54) is 56.3 Å². The van der Waals surface area contributed by atoms with Gasteiger partial charge in [0.25, 0.3) is 11.8 Å². The summed E-state index contributed by atoms with van der Waals surface area (Å²) in [7, 11) is 1.57. The molecule has 0 N–H and O–H groups in total. The Morgan fingerprint density at radius 2 is 1.33 bits per heavy atom. The third-order valence-corrected chi connectivity index (χ3v) is 7.37. The number of amides is 2. The van der Waals surface area contributed by atoms with E-state index in [0.717, 1.165) is 25.1 Å². The predicted octanol–water partition coefficient (Wildman–Crippen LogP) is 4.79. The number of unbranched alkanes of at least 4 members (excludes halogenated alkanes) is 9. The van der Waals surface area contributed by atoms with Crippen LogP contribution in [0.15, 0.2) is 72.9 Å². The van der Waals surface area contributed by atoms with Gasteiger partial charge in [-0.2, -0.15) is 0 Å². The Balaban J connectivity index is 0.00000616. The number of imide groups is 1. The molecule has 0 aliphatic heterocycles. The van der Waals surface area contributed by atoms with Crippen LogP contribution < -0.4 is 38.0 Å². The standard InChI is InChI=1S/C35H47N2O4.HI/c1-4-6-7-8-9-10-11-12-13-19-26-41-32-24-23-30(27-33(32)40-3)35(39)37(34(38)29-20-15-14-16-21-29)28-31-22-17-18-25-36(31)5-2;/h14-18,20-25,27H,4-13,19,26,28H2,1-3H3;1H/q+1;/p-1. The van der Waals surface area contributed by atoms with Crippen LogP contribution in [0.5, 0.6) is 11.5 Å². The molecule has 0 saturated carbocycles. The summed E-state index contributed by atoms with van der Waals surface area (Å²) in [5, 5.41) is 0. The van der Waals surface area contributed by atoms with Crippen LogP contribution in [0.25, 0.3) is 0 Å². The number of aromatic nitrogens is 1. The Morgan fingerprint density at radius 1 is 0.714 bits per heavy atom. The molecule has 0 atom stereocenters. The maximum Gasteiger partial charge on any atom is 0.261 e. The van der Waals surface area contributed by atoms with Gasteiger partial charge in [-0.05, 0) is 43.7 Å². The zero-order valence-electron chi connectivity index (χ0n) is 25.5. The van der Waals surface area contributed by atoms with Crippen LogP contribution in [-0.2, 0) is 13.1 Å². The molecule has 7 heteroatoms. The molecule has 0 radical (unpaired) electrons. The van der Waals surface area contributed by atoms with E-state index in [0.29, 0.717) is 29.2 Å². The summed E-state index contributed by atoms with van der Waals surface area (Å²) in [6.07, 6.45) is 14.6. The van der Waals surface area contributed by atoms with Gasteiger partial charge in [0.2, 0.25) is 5.69 Å². The molecule has 0 spiro atoms. The quantitative estimate of drug-likeness (QED) is 0.0837. The van der Waals surface area contributed by atoms with Gasteiger partial charge >= 0.3 is 0 Å². The predicted molar refractivity (Wildman–Crippen MR) is 163 cm³/mol. The van der Waals surface area contributed by atoms with E-state index in [4.69, 9.17) is 9.47 Å². The molecule has 0 bridgehead atoms. The minimum Gasteiger partial charge on any atom is -1.00 e. The average molecular weight is 687 g/mol. The number of rotatable bonds is 18. The van der Waals surface area contributed by atoms with Crippen molar-refractivity contribution in [1.82, 2.24) is 4.90 Å². The zero-order valence-corrected chi connectivity index (χ0v) is 27.7. The molecule has 0 saturated heterocycles. The highest BCUT2D eigenvalue weighted by molar-refractivity contribution is 6.10. The van der Waals surface area contributed by atoms with Crippen LogP contribution in [0.3, 0.4) is 0 Å². The molecule has 0 aliphatic rings. The Morgan fingerprint density at radius 3 is 1.98 bits per heavy atom. The van der Waals surface area contributed by atoms with Crippen molar-refractivity contribution in [3.8, 4) is 11.5 Å². The number of benzene rings is 2. The number of carbonyl (C=O) groups is 2. The molecule has 3 aromatic rings. The van der Waals surface area contributed by atoms with Crippen LogP contribution in [0.2, 0.25) is 0 Å². The largest absolute Gasteiger partial charge is 1.00 e. The number of carbonyl (C=O) groups excluding carboxylic acids is 2. The molecule has 228 valence electrons. The fourth-order valence-electron chi connectivity index (χ4n) is 4.95. The molecule has 0 fully saturated rings. The van der Waals surface area contributed by atoms with Crippen molar-refractivity contribution in [2.45, 2.75) is 91.1 Å². The monoisotopic (exact) mass is 686 g/mol. The average Bonchev–Trinajstić information content (AvgIpc) is 3.02. The first-order valence-electron chi connectivity index (χ1n) is 15.3. The van der Waals surface area contributed by atoms with E-state index in [1.807, 2.05) is 42.0 Å². The lowest BCUT2D eigenvalue weighted by molar-refractivity contribution is -0.701. The number of nitrogens with zero attached hydrogens (tertiary/aromatic N) is 2. The highest BCUT2D eigenvalue weighted by atomic mass is 127. The van der Waals surface area contributed by atoms with Crippen molar-refractivity contribution in [2.75, 3.05) is 13.7 Å². The highest BCUT2D eigenvalue weighted by Gasteiger charge is 2.28. The Bertz CT molecular complexity index is 1220. The molecule has 0 unspecified atom stereocenters. The first kappa shape index (κ1) is 35.3. The molecular formula is C35H47IN2O4. The number of aryl methyl sites for hydroxylation is 1. The van der Waals surface area contributed by atoms with Gasteiger partial charge in [-0.15, -0.1) is 0 Å². The minimum absolute atomic E-state index is 0. The van der Waals surface area contributed by atoms with E-state index >= 15 is 0 Å². The van der Waals surface area contributed by atoms with E-state index in [2.05, 4.69) is 6.92 Å². The van der Waals surface area contributed by atoms with Crippen LogP contribution in [-0.4, -0.2) is 30.4 Å². The number of hydrogen-bond acceptors (Lipinski definition) is 4. The summed E-state index contributed by atoms with van der Waals surface area (Å²) in [6, 6.07) is 19.9. The Hall–Kier alpha value is -2.94. The second kappa shape index (κ2) is 20.1. The molecule has 2 amide bonds. The number of methoxy groups -OCH3 is 1. The number of pyridine rings is 1. The first-order chi connectivity index (χ1) is 20.1. The molecule has 6 nitrogen and oxygen atoms in total. The molecule has 1 heterocycles. The lowest BCUT2D eigenvalue weighted by atomic mass is 10.1. The van der Waals surface area contributed by atoms with Gasteiger partial charge in [-0.25, -0.2) is 4.57 Å². The number of ether oxygens (including phenoxy) is 2. The SMILES string of the molecule is CCCCCCCCCCCCOc1ccc(C(=O)N(Cc2cccc[n+]2CC)C(=O)c2ccccc2)cc1OC.[I-]. The minimum atomic E-state index is -0.384. The van der Waals surface area contributed by atoms with Crippen molar-refractivity contribution in [2.24, 2.45) is 0 Å². The second-order valence-corrected chi connectivity index (χ2v) is 10.4. The molecule has 42 heavy (non-hydrogen) atoms. The summed E-state index contributed by atoms with van der Waals surface area (Å²) in [6.45, 7) is 5.78. The molecule has 2 aromatic carbocycles. The van der Waals surface area contributed by atoms with Crippen LogP contribution in [0.1, 0.15) is 104 Å². The van der Waals surface area contributed by atoms with Crippen molar-refractivity contribution < 1.29 is 47.6 Å². The van der Waals surface area contributed by atoms with Gasteiger partial charge in [-0.1, -0.05) is 89.0 Å². The summed E-state index contributed by atoms with van der Waals surface area (Å²) < 4.78 is 13.6. The molecule has 0 aliphatic carbocycles. The summed E-state index contributed by atoms with van der Waals surface area (Å²) in [5.41, 5.74) is 1.70. The molecule has 3 rings (SSSR count).